The zero-order valence-corrected chi connectivity index (χ0v) is 5.09. The van der Waals surface area contributed by atoms with Crippen molar-refractivity contribution in [3.8, 4) is 0 Å². The first kappa shape index (κ1) is 8.87. The SMILES string of the molecule is C=CC(OC(N)=O)C(F)F. The topological polar surface area (TPSA) is 52.3 Å². The van der Waals surface area contributed by atoms with Crippen molar-refractivity contribution in [2.75, 3.05) is 0 Å². The first-order chi connectivity index (χ1) is 4.57. The Morgan fingerprint density at radius 3 is 2.30 bits per heavy atom. The molecule has 1 atom stereocenters. The Kier molecular flexibility index (Phi) is 3.38. The zero-order valence-electron chi connectivity index (χ0n) is 5.09. The third kappa shape index (κ3) is 3.01. The number of halogens is 2. The molecule has 3 nitrogen and oxygen atoms in total. The van der Waals surface area contributed by atoms with Crippen LogP contribution in [-0.2, 0) is 4.74 Å². The average molecular weight is 151 g/mol. The summed E-state index contributed by atoms with van der Waals surface area (Å²) in [6.45, 7) is 3.02. The molecule has 58 valence electrons. The minimum atomic E-state index is -2.77. The summed E-state index contributed by atoms with van der Waals surface area (Å²) in [5, 5.41) is 0. The van der Waals surface area contributed by atoms with Gasteiger partial charge in [-0.05, 0) is 6.08 Å². The van der Waals surface area contributed by atoms with Gasteiger partial charge in [0.15, 0.2) is 6.10 Å². The summed E-state index contributed by atoms with van der Waals surface area (Å²) in [7, 11) is 0. The number of hydrogen-bond acceptors (Lipinski definition) is 2. The minimum absolute atomic E-state index is 0.815. The number of alkyl halides is 2. The van der Waals surface area contributed by atoms with Crippen molar-refractivity contribution in [2.45, 2.75) is 12.5 Å². The number of amides is 1. The molecule has 0 aliphatic rings. The fourth-order valence-corrected chi connectivity index (χ4v) is 0.337. The van der Waals surface area contributed by atoms with Gasteiger partial charge in [0.2, 0.25) is 0 Å². The van der Waals surface area contributed by atoms with E-state index in [4.69, 9.17) is 0 Å². The molecule has 0 bridgehead atoms. The molecule has 0 saturated heterocycles. The lowest BCUT2D eigenvalue weighted by Crippen LogP contribution is -2.26. The quantitative estimate of drug-likeness (QED) is 0.609. The van der Waals surface area contributed by atoms with Crippen LogP contribution in [0, 0.1) is 0 Å². The summed E-state index contributed by atoms with van der Waals surface area (Å²) in [6, 6.07) is 0. The van der Waals surface area contributed by atoms with E-state index >= 15 is 0 Å². The molecule has 0 aliphatic carbocycles. The van der Waals surface area contributed by atoms with Crippen LogP contribution < -0.4 is 5.73 Å². The second-order valence-corrected chi connectivity index (χ2v) is 1.47. The van der Waals surface area contributed by atoms with Gasteiger partial charge in [-0.1, -0.05) is 6.58 Å². The number of primary amides is 1. The predicted octanol–water partition coefficient (Wildman–Crippen LogP) is 0.901. The Bertz CT molecular complexity index is 138. The number of nitrogens with two attached hydrogens (primary N) is 1. The Balaban J connectivity index is 3.83. The molecule has 0 radical (unpaired) electrons. The standard InChI is InChI=1S/C5H7F2NO2/c1-2-3(4(6)7)10-5(8)9/h2-4H,1H2,(H2,8,9). The van der Waals surface area contributed by atoms with Crippen molar-refractivity contribution in [3.05, 3.63) is 12.7 Å². The second-order valence-electron chi connectivity index (χ2n) is 1.47. The van der Waals surface area contributed by atoms with Gasteiger partial charge in [0.1, 0.15) is 0 Å². The molecule has 0 rings (SSSR count). The van der Waals surface area contributed by atoms with Gasteiger partial charge in [-0.15, -0.1) is 0 Å². The van der Waals surface area contributed by atoms with E-state index < -0.39 is 18.6 Å². The highest BCUT2D eigenvalue weighted by molar-refractivity contribution is 5.65. The lowest BCUT2D eigenvalue weighted by atomic mass is 10.4. The van der Waals surface area contributed by atoms with Crippen molar-refractivity contribution in [1.29, 1.82) is 0 Å². The van der Waals surface area contributed by atoms with Gasteiger partial charge in [0.25, 0.3) is 6.43 Å². The van der Waals surface area contributed by atoms with Crippen molar-refractivity contribution in [2.24, 2.45) is 5.73 Å². The number of rotatable bonds is 3. The van der Waals surface area contributed by atoms with E-state index in [-0.39, 0.29) is 0 Å². The lowest BCUT2D eigenvalue weighted by molar-refractivity contribution is 0.0116. The minimum Gasteiger partial charge on any atom is -0.436 e. The zero-order chi connectivity index (χ0) is 8.15. The van der Waals surface area contributed by atoms with Crippen LogP contribution >= 0.6 is 0 Å². The van der Waals surface area contributed by atoms with Crippen LogP contribution in [0.2, 0.25) is 0 Å². The molecule has 0 aromatic rings. The van der Waals surface area contributed by atoms with Gasteiger partial charge >= 0.3 is 6.09 Å². The van der Waals surface area contributed by atoms with Crippen LogP contribution in [0.4, 0.5) is 13.6 Å². The molecule has 0 spiro atoms. The molecule has 1 amide bonds. The van der Waals surface area contributed by atoms with Crippen LogP contribution in [0.25, 0.3) is 0 Å². The molecule has 5 heteroatoms. The van der Waals surface area contributed by atoms with Gasteiger partial charge in [0, 0.05) is 0 Å². The Hall–Kier alpha value is -1.13. The van der Waals surface area contributed by atoms with Gasteiger partial charge in [0.05, 0.1) is 0 Å². The summed E-state index contributed by atoms with van der Waals surface area (Å²) in [6.07, 6.45) is -4.79. The van der Waals surface area contributed by atoms with Crippen LogP contribution in [0.5, 0.6) is 0 Å². The molecule has 0 aliphatic heterocycles. The van der Waals surface area contributed by atoms with Gasteiger partial charge in [-0.3, -0.25) is 0 Å². The largest absolute Gasteiger partial charge is 0.436 e. The Labute approximate surface area is 56.5 Å². The van der Waals surface area contributed by atoms with Crippen molar-refractivity contribution >= 4 is 6.09 Å². The van der Waals surface area contributed by atoms with Crippen LogP contribution in [0.1, 0.15) is 0 Å². The van der Waals surface area contributed by atoms with E-state index in [9.17, 15) is 13.6 Å². The number of hydrogen-bond donors (Lipinski definition) is 1. The Morgan fingerprint density at radius 1 is 1.70 bits per heavy atom. The first-order valence-electron chi connectivity index (χ1n) is 2.44. The third-order valence-corrected chi connectivity index (χ3v) is 0.733. The smallest absolute Gasteiger partial charge is 0.405 e. The number of carbonyl (C=O) groups is 1. The highest BCUT2D eigenvalue weighted by atomic mass is 19.3. The number of ether oxygens (including phenoxy) is 1. The van der Waals surface area contributed by atoms with Gasteiger partial charge in [-0.25, -0.2) is 13.6 Å². The first-order valence-corrected chi connectivity index (χ1v) is 2.44. The van der Waals surface area contributed by atoms with Crippen molar-refractivity contribution in [3.63, 3.8) is 0 Å². The monoisotopic (exact) mass is 151 g/mol. The molecule has 0 heterocycles. The average Bonchev–Trinajstić information content (AvgIpc) is 1.81. The maximum absolute atomic E-state index is 11.7. The highest BCUT2D eigenvalue weighted by Gasteiger charge is 2.19. The van der Waals surface area contributed by atoms with E-state index in [0.717, 1.165) is 6.08 Å². The maximum atomic E-state index is 11.7. The van der Waals surface area contributed by atoms with E-state index in [0.29, 0.717) is 0 Å². The number of carbonyl (C=O) groups excluding carboxylic acids is 1. The molecule has 1 unspecified atom stereocenters. The fourth-order valence-electron chi connectivity index (χ4n) is 0.337. The fraction of sp³-hybridized carbons (Fsp3) is 0.400. The van der Waals surface area contributed by atoms with Crippen LogP contribution in [0.3, 0.4) is 0 Å². The molecular formula is C5H7F2NO2. The summed E-state index contributed by atoms with van der Waals surface area (Å²) in [5.41, 5.74) is 4.46. The van der Waals surface area contributed by atoms with Crippen LogP contribution in [-0.4, -0.2) is 18.6 Å². The molecule has 2 N–H and O–H groups in total. The van der Waals surface area contributed by atoms with Crippen LogP contribution in [0.15, 0.2) is 12.7 Å². The molecular weight excluding hydrogens is 144 g/mol. The van der Waals surface area contributed by atoms with E-state index in [1.165, 1.54) is 0 Å². The maximum Gasteiger partial charge on any atom is 0.405 e. The van der Waals surface area contributed by atoms with Gasteiger partial charge in [-0.2, -0.15) is 0 Å². The second kappa shape index (κ2) is 3.81. The lowest BCUT2D eigenvalue weighted by Gasteiger charge is -2.09. The summed E-state index contributed by atoms with van der Waals surface area (Å²) >= 11 is 0. The molecule has 0 aromatic carbocycles. The normalized spacial score (nSPS) is 12.7. The predicted molar refractivity (Wildman–Crippen MR) is 30.7 cm³/mol. The van der Waals surface area contributed by atoms with Crippen molar-refractivity contribution < 1.29 is 18.3 Å². The Morgan fingerprint density at radius 2 is 2.20 bits per heavy atom. The molecule has 0 fully saturated rings. The summed E-state index contributed by atoms with van der Waals surface area (Å²) in [4.78, 5) is 9.89. The highest BCUT2D eigenvalue weighted by Crippen LogP contribution is 2.05. The summed E-state index contributed by atoms with van der Waals surface area (Å²) in [5.74, 6) is 0. The van der Waals surface area contributed by atoms with Gasteiger partial charge < -0.3 is 10.5 Å². The molecule has 0 aromatic heterocycles. The summed E-state index contributed by atoms with van der Waals surface area (Å²) < 4.78 is 27.2. The third-order valence-electron chi connectivity index (χ3n) is 0.733. The van der Waals surface area contributed by atoms with E-state index in [1.54, 1.807) is 0 Å². The molecule has 10 heavy (non-hydrogen) atoms. The van der Waals surface area contributed by atoms with Crippen molar-refractivity contribution in [1.82, 2.24) is 0 Å². The van der Waals surface area contributed by atoms with E-state index in [1.807, 2.05) is 0 Å². The molecule has 0 saturated carbocycles. The van der Waals surface area contributed by atoms with E-state index in [2.05, 4.69) is 17.0 Å².